The number of ether oxygens (including phenoxy) is 1. The van der Waals surface area contributed by atoms with E-state index in [0.717, 1.165) is 49.5 Å². The molecule has 112 valence electrons. The first kappa shape index (κ1) is 15.3. The summed E-state index contributed by atoms with van der Waals surface area (Å²) in [6.07, 6.45) is 1.13. The van der Waals surface area contributed by atoms with Crippen LogP contribution in [0.2, 0.25) is 0 Å². The maximum Gasteiger partial charge on any atom is 0.125 e. The topological polar surface area (TPSA) is 44.7 Å². The van der Waals surface area contributed by atoms with Crippen molar-refractivity contribution in [1.82, 2.24) is 10.2 Å². The molecule has 2 N–H and O–H groups in total. The smallest absolute Gasteiger partial charge is 0.125 e. The minimum absolute atomic E-state index is 0.633. The quantitative estimate of drug-likeness (QED) is 0.876. The van der Waals surface area contributed by atoms with E-state index >= 15 is 0 Å². The molecule has 20 heavy (non-hydrogen) atoms. The number of rotatable bonds is 4. The van der Waals surface area contributed by atoms with Crippen molar-refractivity contribution >= 4 is 0 Å². The average molecular weight is 278 g/mol. The van der Waals surface area contributed by atoms with Crippen LogP contribution in [0.25, 0.3) is 0 Å². The normalized spacial score (nSPS) is 20.2. The lowest BCUT2D eigenvalue weighted by atomic mass is 9.92. The zero-order valence-electron chi connectivity index (χ0n) is 12.8. The van der Waals surface area contributed by atoms with Crippen LogP contribution in [0.3, 0.4) is 0 Å². The average Bonchev–Trinajstić information content (AvgIpc) is 2.67. The van der Waals surface area contributed by atoms with E-state index in [-0.39, 0.29) is 0 Å². The second kappa shape index (κ2) is 6.57. The lowest BCUT2D eigenvalue weighted by Crippen LogP contribution is -2.40. The Kier molecular flexibility index (Phi) is 5.02. The molecule has 1 saturated heterocycles. The van der Waals surface area contributed by atoms with Crippen LogP contribution in [0.1, 0.15) is 24.5 Å². The molecule has 0 spiro atoms. The highest BCUT2D eigenvalue weighted by molar-refractivity contribution is 5.40. The van der Waals surface area contributed by atoms with Crippen molar-refractivity contribution in [2.75, 3.05) is 39.8 Å². The van der Waals surface area contributed by atoms with Crippen molar-refractivity contribution in [3.05, 3.63) is 29.3 Å². The number of aryl methyl sites for hydroxylation is 1. The predicted molar refractivity (Wildman–Crippen MR) is 81.2 cm³/mol. The summed E-state index contributed by atoms with van der Waals surface area (Å²) in [6.45, 7) is 8.60. The van der Waals surface area contributed by atoms with E-state index in [9.17, 15) is 5.11 Å². The number of hydrogen-bond donors (Lipinski definition) is 2. The molecule has 0 saturated carbocycles. The van der Waals surface area contributed by atoms with Crippen LogP contribution in [-0.2, 0) is 5.60 Å². The molecule has 1 aromatic rings. The molecule has 4 heteroatoms. The van der Waals surface area contributed by atoms with Crippen molar-refractivity contribution in [1.29, 1.82) is 0 Å². The van der Waals surface area contributed by atoms with Gasteiger partial charge in [-0.3, -0.25) is 4.90 Å². The molecule has 1 aliphatic rings. The largest absolute Gasteiger partial charge is 0.496 e. The third-order valence-corrected chi connectivity index (χ3v) is 3.90. The molecule has 1 unspecified atom stereocenters. The van der Waals surface area contributed by atoms with E-state index in [4.69, 9.17) is 4.74 Å². The molecule has 1 aliphatic heterocycles. The maximum absolute atomic E-state index is 10.9. The lowest BCUT2D eigenvalue weighted by molar-refractivity contribution is 0.0157. The SMILES string of the molecule is COc1ccc(C)cc1C(C)(O)CN1CCCNCC1. The Morgan fingerprint density at radius 1 is 1.35 bits per heavy atom. The molecule has 1 fully saturated rings. The van der Waals surface area contributed by atoms with Gasteiger partial charge in [-0.05, 0) is 45.5 Å². The summed E-state index contributed by atoms with van der Waals surface area (Å²) in [7, 11) is 1.65. The van der Waals surface area contributed by atoms with Gasteiger partial charge in [0.05, 0.1) is 7.11 Å². The summed E-state index contributed by atoms with van der Waals surface area (Å²) < 4.78 is 5.41. The number of hydrogen-bond acceptors (Lipinski definition) is 4. The van der Waals surface area contributed by atoms with E-state index in [1.54, 1.807) is 7.11 Å². The Morgan fingerprint density at radius 2 is 2.15 bits per heavy atom. The Bertz CT molecular complexity index is 438. The molecular weight excluding hydrogens is 252 g/mol. The Balaban J connectivity index is 2.18. The number of benzene rings is 1. The van der Waals surface area contributed by atoms with Crippen LogP contribution in [-0.4, -0.2) is 49.8 Å². The highest BCUT2D eigenvalue weighted by Gasteiger charge is 2.29. The molecule has 1 heterocycles. The zero-order chi connectivity index (χ0) is 14.6. The van der Waals surface area contributed by atoms with Gasteiger partial charge < -0.3 is 15.2 Å². The number of β-amino-alcohol motifs (C(OH)–C–C–N with tert-alkyl or cyclic N) is 1. The van der Waals surface area contributed by atoms with E-state index < -0.39 is 5.60 Å². The highest BCUT2D eigenvalue weighted by Crippen LogP contribution is 2.31. The van der Waals surface area contributed by atoms with Gasteiger partial charge in [0.15, 0.2) is 0 Å². The molecule has 1 aromatic carbocycles. The molecule has 0 aliphatic carbocycles. The highest BCUT2D eigenvalue weighted by atomic mass is 16.5. The van der Waals surface area contributed by atoms with Gasteiger partial charge in [-0.2, -0.15) is 0 Å². The van der Waals surface area contributed by atoms with Crippen LogP contribution >= 0.6 is 0 Å². The monoisotopic (exact) mass is 278 g/mol. The van der Waals surface area contributed by atoms with Crippen LogP contribution in [0.5, 0.6) is 5.75 Å². The number of nitrogens with zero attached hydrogens (tertiary/aromatic N) is 1. The van der Waals surface area contributed by atoms with Crippen LogP contribution in [0, 0.1) is 6.92 Å². The molecule has 0 aromatic heterocycles. The first-order valence-corrected chi connectivity index (χ1v) is 7.33. The minimum Gasteiger partial charge on any atom is -0.496 e. The fraction of sp³-hybridized carbons (Fsp3) is 0.625. The van der Waals surface area contributed by atoms with Gasteiger partial charge in [-0.1, -0.05) is 11.6 Å². The first-order chi connectivity index (χ1) is 9.53. The van der Waals surface area contributed by atoms with Crippen LogP contribution < -0.4 is 10.1 Å². The van der Waals surface area contributed by atoms with Crippen molar-refractivity contribution in [2.45, 2.75) is 25.9 Å². The van der Waals surface area contributed by atoms with Gasteiger partial charge in [0.2, 0.25) is 0 Å². The van der Waals surface area contributed by atoms with Crippen LogP contribution in [0.4, 0.5) is 0 Å². The molecule has 0 bridgehead atoms. The lowest BCUT2D eigenvalue weighted by Gasteiger charge is -2.32. The van der Waals surface area contributed by atoms with Crippen LogP contribution in [0.15, 0.2) is 18.2 Å². The summed E-state index contributed by atoms with van der Waals surface area (Å²) in [5.41, 5.74) is 1.11. The summed E-state index contributed by atoms with van der Waals surface area (Å²) in [4.78, 5) is 2.32. The van der Waals surface area contributed by atoms with Crippen molar-refractivity contribution in [3.63, 3.8) is 0 Å². The fourth-order valence-corrected chi connectivity index (χ4v) is 2.82. The van der Waals surface area contributed by atoms with Crippen molar-refractivity contribution in [3.8, 4) is 5.75 Å². The van der Waals surface area contributed by atoms with Gasteiger partial charge >= 0.3 is 0 Å². The van der Waals surface area contributed by atoms with E-state index in [1.165, 1.54) is 0 Å². The van der Waals surface area contributed by atoms with Gasteiger partial charge in [0.25, 0.3) is 0 Å². The second-order valence-corrected chi connectivity index (χ2v) is 5.86. The third-order valence-electron chi connectivity index (χ3n) is 3.90. The summed E-state index contributed by atoms with van der Waals surface area (Å²) in [6, 6.07) is 5.96. The summed E-state index contributed by atoms with van der Waals surface area (Å²) in [5.74, 6) is 0.758. The third kappa shape index (κ3) is 3.72. The van der Waals surface area contributed by atoms with Gasteiger partial charge in [0, 0.05) is 25.2 Å². The molecule has 1 atom stereocenters. The standard InChI is InChI=1S/C16H26N2O2/c1-13-5-6-15(20-3)14(11-13)16(2,19)12-18-9-4-7-17-8-10-18/h5-6,11,17,19H,4,7-10,12H2,1-3H3. The van der Waals surface area contributed by atoms with Crippen molar-refractivity contribution < 1.29 is 9.84 Å². The van der Waals surface area contributed by atoms with E-state index in [1.807, 2.05) is 32.0 Å². The maximum atomic E-state index is 10.9. The fourth-order valence-electron chi connectivity index (χ4n) is 2.82. The zero-order valence-corrected chi connectivity index (χ0v) is 12.8. The number of methoxy groups -OCH3 is 1. The summed E-state index contributed by atoms with van der Waals surface area (Å²) in [5, 5.41) is 14.3. The van der Waals surface area contributed by atoms with Gasteiger partial charge in [0.1, 0.15) is 11.4 Å². The Morgan fingerprint density at radius 3 is 2.90 bits per heavy atom. The number of aliphatic hydroxyl groups is 1. The molecular formula is C16H26N2O2. The van der Waals surface area contributed by atoms with E-state index in [2.05, 4.69) is 10.2 Å². The first-order valence-electron chi connectivity index (χ1n) is 7.33. The molecule has 0 amide bonds. The Labute approximate surface area is 121 Å². The van der Waals surface area contributed by atoms with Crippen molar-refractivity contribution in [2.24, 2.45) is 0 Å². The second-order valence-electron chi connectivity index (χ2n) is 5.86. The van der Waals surface area contributed by atoms with Gasteiger partial charge in [-0.25, -0.2) is 0 Å². The molecule has 4 nitrogen and oxygen atoms in total. The Hall–Kier alpha value is -1.10. The number of nitrogens with one attached hydrogen (secondary N) is 1. The van der Waals surface area contributed by atoms with E-state index in [0.29, 0.717) is 6.54 Å². The molecule has 2 rings (SSSR count). The minimum atomic E-state index is -0.901. The molecule has 0 radical (unpaired) electrons. The summed E-state index contributed by atoms with van der Waals surface area (Å²) >= 11 is 0. The predicted octanol–water partition coefficient (Wildman–Crippen LogP) is 1.51. The van der Waals surface area contributed by atoms with Gasteiger partial charge in [-0.15, -0.1) is 0 Å².